The molecule has 1 aliphatic carbocycles. The Morgan fingerprint density at radius 1 is 1.46 bits per heavy atom. The summed E-state index contributed by atoms with van der Waals surface area (Å²) in [5.41, 5.74) is 6.76. The standard InChI is InChI=1S/C9H12N2OS/c1-9(2)6-3-5(12)4-7(6)13-11-8(9)10/h3-4H2,1-2H3,(H2,10,11). The largest absolute Gasteiger partial charge is 0.386 e. The zero-order chi connectivity index (χ0) is 9.64. The van der Waals surface area contributed by atoms with Gasteiger partial charge in [-0.2, -0.15) is 4.40 Å². The van der Waals surface area contributed by atoms with Gasteiger partial charge in [-0.1, -0.05) is 0 Å². The molecule has 0 aromatic heterocycles. The van der Waals surface area contributed by atoms with Gasteiger partial charge in [0, 0.05) is 35.1 Å². The van der Waals surface area contributed by atoms with Gasteiger partial charge in [0.1, 0.15) is 11.6 Å². The third kappa shape index (κ3) is 1.20. The topological polar surface area (TPSA) is 55.4 Å². The van der Waals surface area contributed by atoms with Crippen molar-refractivity contribution in [2.45, 2.75) is 26.7 Å². The summed E-state index contributed by atoms with van der Waals surface area (Å²) >= 11 is 1.37. The first kappa shape index (κ1) is 8.81. The van der Waals surface area contributed by atoms with Gasteiger partial charge < -0.3 is 5.73 Å². The monoisotopic (exact) mass is 196 g/mol. The predicted molar refractivity (Wildman–Crippen MR) is 54.3 cm³/mol. The van der Waals surface area contributed by atoms with Crippen LogP contribution in [0.25, 0.3) is 0 Å². The van der Waals surface area contributed by atoms with Gasteiger partial charge in [-0.3, -0.25) is 4.79 Å². The first-order chi connectivity index (χ1) is 6.01. The Balaban J connectivity index is 2.41. The quantitative estimate of drug-likeness (QED) is 0.599. The number of hydrogen-bond acceptors (Lipinski definition) is 4. The Kier molecular flexibility index (Phi) is 1.77. The number of Topliss-reactive ketones (excluding diaryl/α,β-unsaturated/α-hetero) is 1. The molecule has 13 heavy (non-hydrogen) atoms. The van der Waals surface area contributed by atoms with Crippen molar-refractivity contribution < 1.29 is 4.79 Å². The molecule has 0 unspecified atom stereocenters. The lowest BCUT2D eigenvalue weighted by Gasteiger charge is -2.29. The second-order valence-corrected chi connectivity index (χ2v) is 4.84. The normalized spacial score (nSPS) is 26.0. The van der Waals surface area contributed by atoms with Crippen LogP contribution >= 0.6 is 11.9 Å². The molecule has 2 rings (SSSR count). The highest BCUT2D eigenvalue weighted by molar-refractivity contribution is 8.02. The summed E-state index contributed by atoms with van der Waals surface area (Å²) in [6.07, 6.45) is 1.12. The molecule has 1 heterocycles. The van der Waals surface area contributed by atoms with E-state index in [-0.39, 0.29) is 11.2 Å². The van der Waals surface area contributed by atoms with E-state index in [1.54, 1.807) is 0 Å². The van der Waals surface area contributed by atoms with Gasteiger partial charge in [0.05, 0.1) is 0 Å². The second-order valence-electron chi connectivity index (χ2n) is 3.99. The molecular weight excluding hydrogens is 184 g/mol. The summed E-state index contributed by atoms with van der Waals surface area (Å²) in [6, 6.07) is 0. The molecule has 0 aromatic carbocycles. The number of allylic oxidation sites excluding steroid dienone is 1. The fraction of sp³-hybridized carbons (Fsp3) is 0.556. The minimum atomic E-state index is -0.216. The van der Waals surface area contributed by atoms with Crippen molar-refractivity contribution in [1.29, 1.82) is 0 Å². The maximum Gasteiger partial charge on any atom is 0.141 e. The van der Waals surface area contributed by atoms with Gasteiger partial charge in [-0.25, -0.2) is 0 Å². The molecule has 0 radical (unpaired) electrons. The zero-order valence-corrected chi connectivity index (χ0v) is 8.57. The maximum atomic E-state index is 11.3. The van der Waals surface area contributed by atoms with Crippen LogP contribution in [0, 0.1) is 5.41 Å². The van der Waals surface area contributed by atoms with E-state index in [0.29, 0.717) is 18.7 Å². The van der Waals surface area contributed by atoms with Crippen LogP contribution in [0.4, 0.5) is 0 Å². The van der Waals surface area contributed by atoms with E-state index in [1.807, 2.05) is 13.8 Å². The summed E-state index contributed by atoms with van der Waals surface area (Å²) in [5, 5.41) is 0. The number of carbonyl (C=O) groups is 1. The molecule has 0 bridgehead atoms. The average molecular weight is 196 g/mol. The van der Waals surface area contributed by atoms with Crippen LogP contribution < -0.4 is 5.73 Å². The molecule has 0 amide bonds. The van der Waals surface area contributed by atoms with Crippen LogP contribution in [0.5, 0.6) is 0 Å². The third-order valence-corrected chi connectivity index (χ3v) is 3.62. The Morgan fingerprint density at radius 3 is 2.85 bits per heavy atom. The van der Waals surface area contributed by atoms with Crippen molar-refractivity contribution in [3.8, 4) is 0 Å². The van der Waals surface area contributed by atoms with Gasteiger partial charge in [0.2, 0.25) is 0 Å². The van der Waals surface area contributed by atoms with Gasteiger partial charge in [0.25, 0.3) is 0 Å². The Bertz CT molecular complexity index is 342. The Morgan fingerprint density at radius 2 is 2.15 bits per heavy atom. The highest BCUT2D eigenvalue weighted by atomic mass is 32.2. The molecular formula is C9H12N2OS. The van der Waals surface area contributed by atoms with Crippen molar-refractivity contribution in [1.82, 2.24) is 0 Å². The molecule has 4 heteroatoms. The molecule has 3 nitrogen and oxygen atoms in total. The molecule has 0 fully saturated rings. The van der Waals surface area contributed by atoms with Gasteiger partial charge in [-0.05, 0) is 19.4 Å². The minimum Gasteiger partial charge on any atom is -0.386 e. The average Bonchev–Trinajstić information content (AvgIpc) is 2.41. The molecule has 0 saturated carbocycles. The molecule has 2 N–H and O–H groups in total. The zero-order valence-electron chi connectivity index (χ0n) is 7.76. The smallest absolute Gasteiger partial charge is 0.141 e. The SMILES string of the molecule is CC1(C)C(N)=NSC2=C1CC(=O)C2. The van der Waals surface area contributed by atoms with E-state index in [1.165, 1.54) is 17.5 Å². The van der Waals surface area contributed by atoms with Crippen LogP contribution in [-0.4, -0.2) is 11.6 Å². The van der Waals surface area contributed by atoms with Crippen LogP contribution in [0.15, 0.2) is 14.9 Å². The molecule has 0 spiro atoms. The van der Waals surface area contributed by atoms with E-state index < -0.39 is 0 Å². The van der Waals surface area contributed by atoms with E-state index >= 15 is 0 Å². The first-order valence-electron chi connectivity index (χ1n) is 4.27. The van der Waals surface area contributed by atoms with Crippen molar-refractivity contribution >= 4 is 23.6 Å². The lowest BCUT2D eigenvalue weighted by molar-refractivity contribution is -0.117. The number of nitrogens with zero attached hydrogens (tertiary/aromatic N) is 1. The van der Waals surface area contributed by atoms with E-state index in [4.69, 9.17) is 5.73 Å². The second kappa shape index (κ2) is 2.61. The first-order valence-corrected chi connectivity index (χ1v) is 5.04. The minimum absolute atomic E-state index is 0.216. The maximum absolute atomic E-state index is 11.3. The molecule has 2 aliphatic rings. The summed E-state index contributed by atoms with van der Waals surface area (Å²) in [7, 11) is 0. The molecule has 0 aromatic rings. The fourth-order valence-corrected chi connectivity index (χ4v) is 2.77. The molecule has 0 atom stereocenters. The van der Waals surface area contributed by atoms with E-state index in [9.17, 15) is 4.79 Å². The number of nitrogens with two attached hydrogens (primary N) is 1. The summed E-state index contributed by atoms with van der Waals surface area (Å²) in [6.45, 7) is 4.05. The molecule has 0 saturated heterocycles. The van der Waals surface area contributed by atoms with Gasteiger partial charge >= 0.3 is 0 Å². The highest BCUT2D eigenvalue weighted by Crippen LogP contribution is 2.46. The predicted octanol–water partition coefficient (Wildman–Crippen LogP) is 1.65. The summed E-state index contributed by atoms with van der Waals surface area (Å²) < 4.78 is 4.16. The lowest BCUT2D eigenvalue weighted by Crippen LogP contribution is -2.34. The Hall–Kier alpha value is -0.770. The van der Waals surface area contributed by atoms with Crippen LogP contribution in [0.2, 0.25) is 0 Å². The number of rotatable bonds is 0. The van der Waals surface area contributed by atoms with Crippen LogP contribution in [0.3, 0.4) is 0 Å². The number of ketones is 1. The highest BCUT2D eigenvalue weighted by Gasteiger charge is 2.38. The van der Waals surface area contributed by atoms with Crippen molar-refractivity contribution in [2.75, 3.05) is 0 Å². The summed E-state index contributed by atoms with van der Waals surface area (Å²) in [4.78, 5) is 12.4. The lowest BCUT2D eigenvalue weighted by atomic mass is 9.82. The number of amidine groups is 1. The van der Waals surface area contributed by atoms with Gasteiger partial charge in [-0.15, -0.1) is 0 Å². The number of carbonyl (C=O) groups excluding carboxylic acids is 1. The number of hydrogen-bond donors (Lipinski definition) is 1. The van der Waals surface area contributed by atoms with Crippen molar-refractivity contribution in [3.05, 3.63) is 10.5 Å². The van der Waals surface area contributed by atoms with Crippen molar-refractivity contribution in [2.24, 2.45) is 15.5 Å². The Labute approximate surface area is 81.6 Å². The van der Waals surface area contributed by atoms with Crippen LogP contribution in [0.1, 0.15) is 26.7 Å². The van der Waals surface area contributed by atoms with Crippen molar-refractivity contribution in [3.63, 3.8) is 0 Å². The van der Waals surface area contributed by atoms with E-state index in [0.717, 1.165) is 4.91 Å². The van der Waals surface area contributed by atoms with E-state index in [2.05, 4.69) is 4.40 Å². The van der Waals surface area contributed by atoms with Crippen LogP contribution in [-0.2, 0) is 4.79 Å². The fourth-order valence-electron chi connectivity index (χ4n) is 1.67. The molecule has 1 aliphatic heterocycles. The van der Waals surface area contributed by atoms with Gasteiger partial charge in [0.15, 0.2) is 0 Å². The molecule has 70 valence electrons. The summed E-state index contributed by atoms with van der Waals surface area (Å²) in [5.74, 6) is 0.918. The third-order valence-electron chi connectivity index (χ3n) is 2.72.